The molecule has 0 atom stereocenters. The molecule has 7 heteroatoms. The zero-order valence-corrected chi connectivity index (χ0v) is 14.1. The third kappa shape index (κ3) is 2.98. The third-order valence-electron chi connectivity index (χ3n) is 4.63. The smallest absolute Gasteiger partial charge is 0.273 e. The highest BCUT2D eigenvalue weighted by atomic mass is 16.2. The summed E-state index contributed by atoms with van der Waals surface area (Å²) < 4.78 is 1.71. The summed E-state index contributed by atoms with van der Waals surface area (Å²) in [5.41, 5.74) is 2.86. The van der Waals surface area contributed by atoms with Gasteiger partial charge in [-0.25, -0.2) is 4.68 Å². The molecule has 1 saturated heterocycles. The summed E-state index contributed by atoms with van der Waals surface area (Å²) in [4.78, 5) is 17.0. The van der Waals surface area contributed by atoms with Gasteiger partial charge in [-0.15, -0.1) is 5.10 Å². The molecule has 1 aliphatic heterocycles. The van der Waals surface area contributed by atoms with Crippen molar-refractivity contribution in [2.24, 2.45) is 0 Å². The maximum absolute atomic E-state index is 12.6. The topological polar surface area (TPSA) is 84.7 Å². The molecule has 2 N–H and O–H groups in total. The van der Waals surface area contributed by atoms with E-state index in [4.69, 9.17) is 0 Å². The fraction of sp³-hybridized carbons (Fsp3) is 0.333. The Hall–Kier alpha value is -2.80. The molecule has 0 saturated carbocycles. The first-order valence-electron chi connectivity index (χ1n) is 8.52. The van der Waals surface area contributed by atoms with Crippen LogP contribution in [0.25, 0.3) is 16.6 Å². The van der Waals surface area contributed by atoms with Crippen LogP contribution in [0.1, 0.15) is 29.0 Å². The second kappa shape index (κ2) is 6.60. The van der Waals surface area contributed by atoms with Crippen molar-refractivity contribution in [3.63, 3.8) is 0 Å². The molecule has 0 aliphatic carbocycles. The van der Waals surface area contributed by atoms with E-state index in [1.807, 2.05) is 37.3 Å². The molecule has 1 aliphatic rings. The number of carbonyl (C=O) groups excluding carboxylic acids is 1. The molecule has 0 spiro atoms. The largest absolute Gasteiger partial charge is 0.348 e. The number of nitrogens with zero attached hydrogens (tertiary/aromatic N) is 4. The number of piperidine rings is 1. The van der Waals surface area contributed by atoms with Gasteiger partial charge in [-0.3, -0.25) is 9.78 Å². The number of hydrogen-bond donors (Lipinski definition) is 2. The molecule has 25 heavy (non-hydrogen) atoms. The highest BCUT2D eigenvalue weighted by Crippen LogP contribution is 2.21. The van der Waals surface area contributed by atoms with Crippen LogP contribution >= 0.6 is 0 Å². The summed E-state index contributed by atoms with van der Waals surface area (Å²) in [5.74, 6) is -0.158. The molecule has 1 amide bonds. The van der Waals surface area contributed by atoms with Gasteiger partial charge in [0.1, 0.15) is 0 Å². The highest BCUT2D eigenvalue weighted by Gasteiger charge is 2.22. The zero-order valence-electron chi connectivity index (χ0n) is 14.1. The quantitative estimate of drug-likeness (QED) is 0.759. The molecule has 128 valence electrons. The normalized spacial score (nSPS) is 15.4. The maximum Gasteiger partial charge on any atom is 0.273 e. The Morgan fingerprint density at radius 2 is 2.08 bits per heavy atom. The van der Waals surface area contributed by atoms with Gasteiger partial charge in [-0.1, -0.05) is 11.3 Å². The minimum absolute atomic E-state index is 0.158. The van der Waals surface area contributed by atoms with Gasteiger partial charge >= 0.3 is 0 Å². The van der Waals surface area contributed by atoms with E-state index in [9.17, 15) is 4.79 Å². The summed E-state index contributed by atoms with van der Waals surface area (Å²) >= 11 is 0. The lowest BCUT2D eigenvalue weighted by molar-refractivity contribution is 0.0923. The Morgan fingerprint density at radius 3 is 2.92 bits per heavy atom. The van der Waals surface area contributed by atoms with E-state index in [1.54, 1.807) is 10.9 Å². The Balaban J connectivity index is 1.65. The fourth-order valence-corrected chi connectivity index (χ4v) is 3.26. The Kier molecular flexibility index (Phi) is 4.15. The molecule has 1 fully saturated rings. The van der Waals surface area contributed by atoms with E-state index in [0.717, 1.165) is 48.2 Å². The predicted octanol–water partition coefficient (Wildman–Crippen LogP) is 1.61. The van der Waals surface area contributed by atoms with E-state index in [-0.39, 0.29) is 11.9 Å². The predicted molar refractivity (Wildman–Crippen MR) is 94.8 cm³/mol. The number of benzene rings is 1. The molecule has 0 unspecified atom stereocenters. The van der Waals surface area contributed by atoms with Gasteiger partial charge in [0, 0.05) is 17.6 Å². The van der Waals surface area contributed by atoms with Crippen molar-refractivity contribution in [1.29, 1.82) is 0 Å². The number of aromatic nitrogens is 4. The summed E-state index contributed by atoms with van der Waals surface area (Å²) in [6, 6.07) is 9.92. The van der Waals surface area contributed by atoms with Crippen molar-refractivity contribution in [3.05, 3.63) is 47.9 Å². The molecule has 3 aromatic rings. The van der Waals surface area contributed by atoms with Gasteiger partial charge in [0.25, 0.3) is 5.91 Å². The molecule has 7 nitrogen and oxygen atoms in total. The van der Waals surface area contributed by atoms with Crippen molar-refractivity contribution in [2.75, 3.05) is 13.1 Å². The number of hydrogen-bond acceptors (Lipinski definition) is 5. The monoisotopic (exact) mass is 336 g/mol. The maximum atomic E-state index is 12.6. The molecular weight excluding hydrogens is 316 g/mol. The molecule has 0 radical (unpaired) electrons. The molecular formula is C18H20N6O. The van der Waals surface area contributed by atoms with Gasteiger partial charge < -0.3 is 10.6 Å². The Morgan fingerprint density at radius 1 is 1.24 bits per heavy atom. The number of amides is 1. The van der Waals surface area contributed by atoms with Gasteiger partial charge in [-0.2, -0.15) is 0 Å². The van der Waals surface area contributed by atoms with Crippen LogP contribution in [0, 0.1) is 6.92 Å². The van der Waals surface area contributed by atoms with Crippen LogP contribution in [0.15, 0.2) is 36.5 Å². The number of nitrogens with one attached hydrogen (secondary N) is 2. The summed E-state index contributed by atoms with van der Waals surface area (Å²) in [6.45, 7) is 3.73. The lowest BCUT2D eigenvalue weighted by atomic mass is 10.1. The van der Waals surface area contributed by atoms with Crippen LogP contribution in [-0.2, 0) is 0 Å². The van der Waals surface area contributed by atoms with Crippen LogP contribution < -0.4 is 10.6 Å². The van der Waals surface area contributed by atoms with Crippen molar-refractivity contribution < 1.29 is 4.79 Å². The first kappa shape index (κ1) is 15.7. The lowest BCUT2D eigenvalue weighted by Crippen LogP contribution is -2.43. The Labute approximate surface area is 145 Å². The van der Waals surface area contributed by atoms with Crippen LogP contribution in [-0.4, -0.2) is 45.0 Å². The standard InChI is InChI=1S/C18H20N6O/c1-12-17(18(25)21-13-7-10-19-11-8-13)22-23-24(12)16-6-2-5-15-14(16)4-3-9-20-15/h2-6,9,13,19H,7-8,10-11H2,1H3,(H,21,25). The van der Waals surface area contributed by atoms with E-state index in [1.165, 1.54) is 0 Å². The average molecular weight is 336 g/mol. The van der Waals surface area contributed by atoms with Crippen molar-refractivity contribution >= 4 is 16.8 Å². The molecule has 2 aromatic heterocycles. The van der Waals surface area contributed by atoms with Gasteiger partial charge in [-0.05, 0) is 57.1 Å². The molecule has 0 bridgehead atoms. The number of fused-ring (bicyclic) bond motifs is 1. The summed E-state index contributed by atoms with van der Waals surface area (Å²) in [7, 11) is 0. The summed E-state index contributed by atoms with van der Waals surface area (Å²) in [6.07, 6.45) is 3.64. The van der Waals surface area contributed by atoms with E-state index < -0.39 is 0 Å². The molecule has 4 rings (SSSR count). The van der Waals surface area contributed by atoms with Gasteiger partial charge in [0.2, 0.25) is 0 Å². The molecule has 3 heterocycles. The van der Waals surface area contributed by atoms with E-state index in [0.29, 0.717) is 5.69 Å². The SMILES string of the molecule is Cc1c(C(=O)NC2CCNCC2)nnn1-c1cccc2ncccc12. The first-order chi connectivity index (χ1) is 12.2. The van der Waals surface area contributed by atoms with Crippen molar-refractivity contribution in [2.45, 2.75) is 25.8 Å². The number of pyridine rings is 1. The van der Waals surface area contributed by atoms with Crippen LogP contribution in [0.5, 0.6) is 0 Å². The van der Waals surface area contributed by atoms with E-state index in [2.05, 4.69) is 25.9 Å². The summed E-state index contributed by atoms with van der Waals surface area (Å²) in [5, 5.41) is 15.7. The number of rotatable bonds is 3. The van der Waals surface area contributed by atoms with E-state index >= 15 is 0 Å². The molecule has 1 aromatic carbocycles. The van der Waals surface area contributed by atoms with Gasteiger partial charge in [0.15, 0.2) is 5.69 Å². The fourth-order valence-electron chi connectivity index (χ4n) is 3.26. The second-order valence-corrected chi connectivity index (χ2v) is 6.28. The van der Waals surface area contributed by atoms with Crippen LogP contribution in [0.3, 0.4) is 0 Å². The minimum Gasteiger partial charge on any atom is -0.348 e. The third-order valence-corrected chi connectivity index (χ3v) is 4.63. The van der Waals surface area contributed by atoms with Crippen molar-refractivity contribution in [3.8, 4) is 5.69 Å². The minimum atomic E-state index is -0.158. The lowest BCUT2D eigenvalue weighted by Gasteiger charge is -2.23. The first-order valence-corrected chi connectivity index (χ1v) is 8.52. The van der Waals surface area contributed by atoms with Gasteiger partial charge in [0.05, 0.1) is 16.9 Å². The highest BCUT2D eigenvalue weighted by molar-refractivity contribution is 5.94. The Bertz CT molecular complexity index is 908. The second-order valence-electron chi connectivity index (χ2n) is 6.28. The average Bonchev–Trinajstić information content (AvgIpc) is 3.03. The van der Waals surface area contributed by atoms with Crippen LogP contribution in [0.4, 0.5) is 0 Å². The van der Waals surface area contributed by atoms with Crippen LogP contribution in [0.2, 0.25) is 0 Å². The van der Waals surface area contributed by atoms with Crippen molar-refractivity contribution in [1.82, 2.24) is 30.6 Å². The number of carbonyl (C=O) groups is 1. The zero-order chi connectivity index (χ0) is 17.2.